The van der Waals surface area contributed by atoms with E-state index in [1.165, 1.54) is 24.3 Å². The fourth-order valence-corrected chi connectivity index (χ4v) is 1.82. The molecule has 19 heavy (non-hydrogen) atoms. The fourth-order valence-electron chi connectivity index (χ4n) is 0.935. The molecule has 0 aliphatic carbocycles. The maximum absolute atomic E-state index is 11.7. The highest BCUT2D eigenvalue weighted by Crippen LogP contribution is 2.09. The molecule has 106 valence electrons. The van der Waals surface area contributed by atoms with Crippen molar-refractivity contribution >= 4 is 16.1 Å². The minimum atomic E-state index is -3.99. The summed E-state index contributed by atoms with van der Waals surface area (Å²) in [7, 11) is -3.99. The van der Waals surface area contributed by atoms with Crippen molar-refractivity contribution < 1.29 is 28.0 Å². The van der Waals surface area contributed by atoms with Gasteiger partial charge in [0.25, 0.3) is 10.0 Å². The Kier molecular flexibility index (Phi) is 4.87. The SMILES string of the molecule is CC(C)(C)OOOC(=O)NS(=O)(=O)c1ccccc1. The molecule has 0 saturated heterocycles. The summed E-state index contributed by atoms with van der Waals surface area (Å²) in [5, 5.41) is 4.17. The number of carbonyl (C=O) groups is 1. The van der Waals surface area contributed by atoms with Crippen molar-refractivity contribution in [3.63, 3.8) is 0 Å². The van der Waals surface area contributed by atoms with Gasteiger partial charge in [-0.3, -0.25) is 0 Å². The minimum absolute atomic E-state index is 0.0660. The zero-order chi connectivity index (χ0) is 14.5. The molecule has 0 radical (unpaired) electrons. The van der Waals surface area contributed by atoms with Crippen LogP contribution in [0.3, 0.4) is 0 Å². The van der Waals surface area contributed by atoms with Crippen LogP contribution in [0.15, 0.2) is 35.2 Å². The summed E-state index contributed by atoms with van der Waals surface area (Å²) in [6.07, 6.45) is -1.30. The molecule has 1 rings (SSSR count). The van der Waals surface area contributed by atoms with Gasteiger partial charge >= 0.3 is 6.09 Å². The molecular weight excluding hydrogens is 274 g/mol. The van der Waals surface area contributed by atoms with E-state index in [1.807, 2.05) is 0 Å². The molecular formula is C11H15NO6S. The highest BCUT2D eigenvalue weighted by molar-refractivity contribution is 7.90. The molecule has 1 amide bonds. The summed E-state index contributed by atoms with van der Waals surface area (Å²) >= 11 is 0. The summed E-state index contributed by atoms with van der Waals surface area (Å²) < 4.78 is 25.1. The second-order valence-electron chi connectivity index (χ2n) is 4.55. The predicted octanol–water partition coefficient (Wildman–Crippen LogP) is 1.76. The first-order valence-corrected chi connectivity index (χ1v) is 6.83. The largest absolute Gasteiger partial charge is 0.455 e. The lowest BCUT2D eigenvalue weighted by Gasteiger charge is -2.15. The quantitative estimate of drug-likeness (QED) is 0.671. The van der Waals surface area contributed by atoms with E-state index in [0.29, 0.717) is 0 Å². The first kappa shape index (κ1) is 15.4. The molecule has 0 atom stereocenters. The fraction of sp³-hybridized carbons (Fsp3) is 0.364. The molecule has 0 heterocycles. The Bertz CT molecular complexity index is 520. The van der Waals surface area contributed by atoms with Gasteiger partial charge in [-0.1, -0.05) is 18.2 Å². The van der Waals surface area contributed by atoms with E-state index < -0.39 is 21.7 Å². The van der Waals surface area contributed by atoms with Gasteiger partial charge in [0.15, 0.2) is 0 Å². The summed E-state index contributed by atoms with van der Waals surface area (Å²) in [4.78, 5) is 19.9. The molecule has 0 aliphatic rings. The Labute approximate surface area is 111 Å². The van der Waals surface area contributed by atoms with Crippen LogP contribution in [0.25, 0.3) is 0 Å². The van der Waals surface area contributed by atoms with Gasteiger partial charge < -0.3 is 0 Å². The normalized spacial score (nSPS) is 11.9. The van der Waals surface area contributed by atoms with Crippen LogP contribution < -0.4 is 4.72 Å². The Morgan fingerprint density at radius 3 is 2.26 bits per heavy atom. The van der Waals surface area contributed by atoms with Crippen molar-refractivity contribution in [3.05, 3.63) is 30.3 Å². The lowest BCUT2D eigenvalue weighted by molar-refractivity contribution is -0.510. The van der Waals surface area contributed by atoms with Crippen molar-refractivity contribution in [1.82, 2.24) is 4.72 Å². The third-order valence-corrected chi connectivity index (χ3v) is 2.99. The Morgan fingerprint density at radius 1 is 1.16 bits per heavy atom. The smallest absolute Gasteiger partial charge is 0.245 e. The maximum Gasteiger partial charge on any atom is 0.455 e. The van der Waals surface area contributed by atoms with E-state index in [9.17, 15) is 13.2 Å². The van der Waals surface area contributed by atoms with Crippen LogP contribution in [0.5, 0.6) is 0 Å². The molecule has 7 nitrogen and oxygen atoms in total. The van der Waals surface area contributed by atoms with E-state index >= 15 is 0 Å². The first-order chi connectivity index (χ1) is 8.71. The predicted molar refractivity (Wildman–Crippen MR) is 65.2 cm³/mol. The molecule has 8 heteroatoms. The second-order valence-corrected chi connectivity index (χ2v) is 6.24. The Balaban J connectivity index is 2.53. The number of benzene rings is 1. The van der Waals surface area contributed by atoms with Gasteiger partial charge in [-0.2, -0.15) is 4.89 Å². The van der Waals surface area contributed by atoms with Crippen LogP contribution in [0, 0.1) is 0 Å². The number of rotatable bonds is 4. The molecule has 0 aromatic heterocycles. The van der Waals surface area contributed by atoms with Crippen LogP contribution in [0.2, 0.25) is 0 Å². The Hall–Kier alpha value is -1.64. The van der Waals surface area contributed by atoms with Crippen LogP contribution in [-0.2, 0) is 24.8 Å². The monoisotopic (exact) mass is 289 g/mol. The van der Waals surface area contributed by atoms with Crippen LogP contribution in [0.4, 0.5) is 4.79 Å². The summed E-state index contributed by atoms with van der Waals surface area (Å²) in [5.74, 6) is 0. The van der Waals surface area contributed by atoms with Crippen molar-refractivity contribution in [2.24, 2.45) is 0 Å². The average Bonchev–Trinajstić information content (AvgIpc) is 2.27. The number of hydrogen-bond donors (Lipinski definition) is 1. The van der Waals surface area contributed by atoms with Gasteiger partial charge in [0, 0.05) is 0 Å². The number of nitrogens with one attached hydrogen (secondary N) is 1. The minimum Gasteiger partial charge on any atom is -0.245 e. The van der Waals surface area contributed by atoms with Crippen molar-refractivity contribution in [1.29, 1.82) is 0 Å². The van der Waals surface area contributed by atoms with E-state index in [-0.39, 0.29) is 4.90 Å². The topological polar surface area (TPSA) is 90.9 Å². The summed E-state index contributed by atoms with van der Waals surface area (Å²) in [6, 6.07) is 7.38. The average molecular weight is 289 g/mol. The molecule has 1 aromatic rings. The molecule has 0 saturated carbocycles. The first-order valence-electron chi connectivity index (χ1n) is 5.35. The van der Waals surface area contributed by atoms with E-state index in [0.717, 1.165) is 0 Å². The van der Waals surface area contributed by atoms with Gasteiger partial charge in [0.1, 0.15) is 0 Å². The van der Waals surface area contributed by atoms with Gasteiger partial charge in [0.2, 0.25) is 0 Å². The van der Waals surface area contributed by atoms with Crippen molar-refractivity contribution in [3.8, 4) is 0 Å². The lowest BCUT2D eigenvalue weighted by atomic mass is 10.2. The summed E-state index contributed by atoms with van der Waals surface area (Å²) in [5.41, 5.74) is -0.696. The third kappa shape index (κ3) is 5.69. The van der Waals surface area contributed by atoms with Crippen LogP contribution >= 0.6 is 0 Å². The maximum atomic E-state index is 11.7. The zero-order valence-electron chi connectivity index (χ0n) is 10.7. The second kappa shape index (κ2) is 6.00. The van der Waals surface area contributed by atoms with Crippen LogP contribution in [0.1, 0.15) is 20.8 Å². The van der Waals surface area contributed by atoms with Gasteiger partial charge in [-0.05, 0) is 37.9 Å². The molecule has 0 unspecified atom stereocenters. The lowest BCUT2D eigenvalue weighted by Crippen LogP contribution is -2.32. The van der Waals surface area contributed by atoms with Crippen molar-refractivity contribution in [2.45, 2.75) is 31.3 Å². The van der Waals surface area contributed by atoms with Crippen LogP contribution in [-0.4, -0.2) is 20.1 Å². The molecule has 0 fully saturated rings. The number of carbonyl (C=O) groups excluding carboxylic acids is 1. The molecule has 0 aliphatic heterocycles. The van der Waals surface area contributed by atoms with E-state index in [2.05, 4.69) is 14.8 Å². The number of hydrogen-bond acceptors (Lipinski definition) is 6. The van der Waals surface area contributed by atoms with Gasteiger partial charge in [-0.25, -0.2) is 22.8 Å². The van der Waals surface area contributed by atoms with E-state index in [1.54, 1.807) is 31.6 Å². The highest BCUT2D eigenvalue weighted by Gasteiger charge is 2.20. The number of sulfonamides is 1. The highest BCUT2D eigenvalue weighted by atomic mass is 32.2. The zero-order valence-corrected chi connectivity index (χ0v) is 11.6. The Morgan fingerprint density at radius 2 is 1.74 bits per heavy atom. The standard InChI is InChI=1S/C11H15NO6S/c1-11(2,3)17-18-16-10(13)12-19(14,15)9-7-5-4-6-8-9/h4-8H,1-3H3,(H,12,13). The molecule has 1 aromatic carbocycles. The summed E-state index contributed by atoms with van der Waals surface area (Å²) in [6.45, 7) is 4.99. The molecule has 1 N–H and O–H groups in total. The molecule has 0 bridgehead atoms. The van der Waals surface area contributed by atoms with E-state index in [4.69, 9.17) is 0 Å². The van der Waals surface area contributed by atoms with Crippen molar-refractivity contribution in [2.75, 3.05) is 0 Å². The number of amides is 1. The van der Waals surface area contributed by atoms with Gasteiger partial charge in [0.05, 0.1) is 10.5 Å². The molecule has 0 spiro atoms. The van der Waals surface area contributed by atoms with Gasteiger partial charge in [-0.15, -0.1) is 0 Å². The third-order valence-electron chi connectivity index (χ3n) is 1.66.